The molecule has 1 aliphatic heterocycles. The predicted molar refractivity (Wildman–Crippen MR) is 87.6 cm³/mol. The third-order valence-corrected chi connectivity index (χ3v) is 4.28. The third-order valence-electron chi connectivity index (χ3n) is 3.97. The molecule has 1 aromatic rings. The van der Waals surface area contributed by atoms with Crippen molar-refractivity contribution in [3.8, 4) is 0 Å². The summed E-state index contributed by atoms with van der Waals surface area (Å²) in [5, 5.41) is 3.30. The molecule has 0 spiro atoms. The zero-order valence-electron chi connectivity index (χ0n) is 12.6. The molecule has 0 bridgehead atoms. The SMILES string of the molecule is CN1CCC(N(C)CC(=O)Nc2ccc(N)cc2Cl)CC1. The number of nitrogens with one attached hydrogen (secondary N) is 1. The molecular weight excluding hydrogens is 288 g/mol. The van der Waals surface area contributed by atoms with Crippen LogP contribution >= 0.6 is 11.6 Å². The first-order chi connectivity index (χ1) is 9.95. The average molecular weight is 311 g/mol. The van der Waals surface area contributed by atoms with Gasteiger partial charge in [-0.05, 0) is 58.2 Å². The van der Waals surface area contributed by atoms with Crippen LogP contribution in [0.15, 0.2) is 18.2 Å². The van der Waals surface area contributed by atoms with Crippen molar-refractivity contribution in [2.24, 2.45) is 0 Å². The lowest BCUT2D eigenvalue weighted by atomic mass is 10.0. The number of rotatable bonds is 4. The number of amides is 1. The Labute approximate surface area is 131 Å². The van der Waals surface area contributed by atoms with Crippen LogP contribution in [0.4, 0.5) is 11.4 Å². The second kappa shape index (κ2) is 7.11. The van der Waals surface area contributed by atoms with E-state index in [2.05, 4.69) is 22.2 Å². The number of nitrogens with zero attached hydrogens (tertiary/aromatic N) is 2. The van der Waals surface area contributed by atoms with Crippen molar-refractivity contribution < 1.29 is 4.79 Å². The van der Waals surface area contributed by atoms with Gasteiger partial charge in [-0.25, -0.2) is 0 Å². The minimum Gasteiger partial charge on any atom is -0.399 e. The van der Waals surface area contributed by atoms with Crippen molar-refractivity contribution in [3.05, 3.63) is 23.2 Å². The van der Waals surface area contributed by atoms with E-state index in [0.29, 0.717) is 29.0 Å². The van der Waals surface area contributed by atoms with Gasteiger partial charge in [0.2, 0.25) is 5.91 Å². The van der Waals surface area contributed by atoms with Gasteiger partial charge in [-0.15, -0.1) is 0 Å². The molecule has 1 aliphatic rings. The maximum Gasteiger partial charge on any atom is 0.238 e. The largest absolute Gasteiger partial charge is 0.399 e. The molecule has 0 aromatic heterocycles. The number of piperidine rings is 1. The predicted octanol–water partition coefficient (Wildman–Crippen LogP) is 1.89. The zero-order valence-corrected chi connectivity index (χ0v) is 13.4. The van der Waals surface area contributed by atoms with Gasteiger partial charge in [0.15, 0.2) is 0 Å². The average Bonchev–Trinajstić information content (AvgIpc) is 2.42. The molecule has 0 saturated carbocycles. The first-order valence-electron chi connectivity index (χ1n) is 7.19. The van der Waals surface area contributed by atoms with Gasteiger partial charge in [-0.1, -0.05) is 11.6 Å². The van der Waals surface area contributed by atoms with E-state index in [1.165, 1.54) is 0 Å². The van der Waals surface area contributed by atoms with Crippen molar-refractivity contribution >= 4 is 28.9 Å². The van der Waals surface area contributed by atoms with Crippen LogP contribution in [0.2, 0.25) is 5.02 Å². The van der Waals surface area contributed by atoms with Crippen molar-refractivity contribution in [1.82, 2.24) is 9.80 Å². The Morgan fingerprint density at radius 3 is 2.76 bits per heavy atom. The molecule has 0 atom stereocenters. The number of benzene rings is 1. The van der Waals surface area contributed by atoms with Crippen LogP contribution in [0.5, 0.6) is 0 Å². The van der Waals surface area contributed by atoms with Crippen molar-refractivity contribution in [2.45, 2.75) is 18.9 Å². The van der Waals surface area contributed by atoms with Crippen LogP contribution in [0.3, 0.4) is 0 Å². The van der Waals surface area contributed by atoms with E-state index < -0.39 is 0 Å². The lowest BCUT2D eigenvalue weighted by molar-refractivity contribution is -0.117. The number of hydrogen-bond acceptors (Lipinski definition) is 4. The minimum absolute atomic E-state index is 0.0527. The van der Waals surface area contributed by atoms with Crippen LogP contribution in [-0.4, -0.2) is 55.5 Å². The Hall–Kier alpha value is -1.30. The molecule has 1 saturated heterocycles. The molecule has 0 unspecified atom stereocenters. The van der Waals surface area contributed by atoms with Gasteiger partial charge >= 0.3 is 0 Å². The van der Waals surface area contributed by atoms with E-state index in [1.54, 1.807) is 18.2 Å². The first-order valence-corrected chi connectivity index (χ1v) is 7.57. The van der Waals surface area contributed by atoms with Crippen LogP contribution in [0.1, 0.15) is 12.8 Å². The van der Waals surface area contributed by atoms with Gasteiger partial charge in [0.25, 0.3) is 0 Å². The Morgan fingerprint density at radius 2 is 2.14 bits per heavy atom. The van der Waals surface area contributed by atoms with E-state index in [1.807, 2.05) is 7.05 Å². The highest BCUT2D eigenvalue weighted by molar-refractivity contribution is 6.34. The van der Waals surface area contributed by atoms with Crippen molar-refractivity contribution in [2.75, 3.05) is 44.8 Å². The van der Waals surface area contributed by atoms with E-state index in [0.717, 1.165) is 25.9 Å². The van der Waals surface area contributed by atoms with E-state index in [4.69, 9.17) is 17.3 Å². The van der Waals surface area contributed by atoms with Crippen LogP contribution in [-0.2, 0) is 4.79 Å². The van der Waals surface area contributed by atoms with E-state index in [9.17, 15) is 4.79 Å². The number of anilines is 2. The quantitative estimate of drug-likeness (QED) is 0.834. The fourth-order valence-corrected chi connectivity index (χ4v) is 2.85. The topological polar surface area (TPSA) is 61.6 Å². The number of halogens is 1. The molecule has 0 aliphatic carbocycles. The molecule has 1 aromatic carbocycles. The lowest BCUT2D eigenvalue weighted by Crippen LogP contribution is -2.44. The minimum atomic E-state index is -0.0527. The second-order valence-electron chi connectivity index (χ2n) is 5.74. The Balaban J connectivity index is 1.86. The standard InChI is InChI=1S/C15H23ClN4O/c1-19-7-5-12(6-8-19)20(2)10-15(21)18-14-4-3-11(17)9-13(14)16/h3-4,9,12H,5-8,10,17H2,1-2H3,(H,18,21). The monoisotopic (exact) mass is 310 g/mol. The highest BCUT2D eigenvalue weighted by atomic mass is 35.5. The number of carbonyl (C=O) groups excluding carboxylic acids is 1. The lowest BCUT2D eigenvalue weighted by Gasteiger charge is -2.34. The third kappa shape index (κ3) is 4.59. The van der Waals surface area contributed by atoms with Crippen LogP contribution in [0.25, 0.3) is 0 Å². The maximum absolute atomic E-state index is 12.1. The molecular formula is C15H23ClN4O. The molecule has 2 rings (SSSR count). The number of hydrogen-bond donors (Lipinski definition) is 2. The maximum atomic E-state index is 12.1. The number of likely N-dealkylation sites (tertiary alicyclic amines) is 1. The van der Waals surface area contributed by atoms with Crippen molar-refractivity contribution in [1.29, 1.82) is 0 Å². The highest BCUT2D eigenvalue weighted by Gasteiger charge is 2.22. The van der Waals surface area contributed by atoms with Crippen LogP contribution in [0, 0.1) is 0 Å². The van der Waals surface area contributed by atoms with Gasteiger partial charge in [-0.3, -0.25) is 9.69 Å². The summed E-state index contributed by atoms with van der Waals surface area (Å²) in [5.41, 5.74) is 6.83. The summed E-state index contributed by atoms with van der Waals surface area (Å²) < 4.78 is 0. The van der Waals surface area contributed by atoms with E-state index in [-0.39, 0.29) is 5.91 Å². The van der Waals surface area contributed by atoms with Gasteiger partial charge < -0.3 is 16.0 Å². The summed E-state index contributed by atoms with van der Waals surface area (Å²) in [4.78, 5) is 16.6. The molecule has 1 heterocycles. The summed E-state index contributed by atoms with van der Waals surface area (Å²) in [6.45, 7) is 2.54. The molecule has 6 heteroatoms. The number of nitrogen functional groups attached to an aromatic ring is 1. The smallest absolute Gasteiger partial charge is 0.238 e. The molecule has 116 valence electrons. The van der Waals surface area contributed by atoms with Crippen LogP contribution < -0.4 is 11.1 Å². The van der Waals surface area contributed by atoms with Gasteiger partial charge in [-0.2, -0.15) is 0 Å². The van der Waals surface area contributed by atoms with E-state index >= 15 is 0 Å². The Bertz CT molecular complexity index is 500. The molecule has 5 nitrogen and oxygen atoms in total. The van der Waals surface area contributed by atoms with Gasteiger partial charge in [0.05, 0.1) is 17.3 Å². The number of carbonyl (C=O) groups is 1. The summed E-state index contributed by atoms with van der Waals surface area (Å²) in [6.07, 6.45) is 2.20. The molecule has 21 heavy (non-hydrogen) atoms. The Kier molecular flexibility index (Phi) is 5.45. The first kappa shape index (κ1) is 16.1. The molecule has 3 N–H and O–H groups in total. The van der Waals surface area contributed by atoms with Gasteiger partial charge in [0, 0.05) is 11.7 Å². The zero-order chi connectivity index (χ0) is 15.4. The summed E-state index contributed by atoms with van der Waals surface area (Å²) in [5.74, 6) is -0.0527. The summed E-state index contributed by atoms with van der Waals surface area (Å²) in [7, 11) is 4.13. The van der Waals surface area contributed by atoms with Gasteiger partial charge in [0.1, 0.15) is 0 Å². The fraction of sp³-hybridized carbons (Fsp3) is 0.533. The molecule has 0 radical (unpaired) electrons. The second-order valence-corrected chi connectivity index (χ2v) is 6.14. The molecule has 1 amide bonds. The van der Waals surface area contributed by atoms with Crippen molar-refractivity contribution in [3.63, 3.8) is 0 Å². The summed E-state index contributed by atoms with van der Waals surface area (Å²) >= 11 is 6.06. The Morgan fingerprint density at radius 1 is 1.48 bits per heavy atom. The number of nitrogens with two attached hydrogens (primary N) is 1. The molecule has 1 fully saturated rings. The summed E-state index contributed by atoms with van der Waals surface area (Å²) in [6, 6.07) is 5.55. The normalized spacial score (nSPS) is 17.1. The highest BCUT2D eigenvalue weighted by Crippen LogP contribution is 2.24. The number of likely N-dealkylation sites (N-methyl/N-ethyl adjacent to an activating group) is 1. The fourth-order valence-electron chi connectivity index (χ4n) is 2.61.